The summed E-state index contributed by atoms with van der Waals surface area (Å²) in [6.45, 7) is 0. The van der Waals surface area contributed by atoms with E-state index < -0.39 is 6.23 Å². The van der Waals surface area contributed by atoms with Crippen LogP contribution in [0.4, 0.5) is 0 Å². The van der Waals surface area contributed by atoms with E-state index in [0.29, 0.717) is 0 Å². The van der Waals surface area contributed by atoms with Crippen LogP contribution >= 0.6 is 0 Å². The van der Waals surface area contributed by atoms with Crippen molar-refractivity contribution in [3.63, 3.8) is 0 Å². The van der Waals surface area contributed by atoms with Gasteiger partial charge in [-0.1, -0.05) is 0 Å². The van der Waals surface area contributed by atoms with Gasteiger partial charge >= 0.3 is 0 Å². The highest BCUT2D eigenvalue weighted by molar-refractivity contribution is 5.79. The second kappa shape index (κ2) is 3.53. The van der Waals surface area contributed by atoms with Crippen LogP contribution in [0.3, 0.4) is 0 Å². The van der Waals surface area contributed by atoms with Crippen LogP contribution in [0.15, 0.2) is 0 Å². The van der Waals surface area contributed by atoms with E-state index in [9.17, 15) is 4.79 Å². The molecule has 4 heteroatoms. The summed E-state index contributed by atoms with van der Waals surface area (Å²) in [7, 11) is 6.50. The Kier molecular flexibility index (Phi) is 3.32. The maximum absolute atomic E-state index is 10.9. The molecule has 0 aliphatic rings. The molecule has 0 aromatic heterocycles. The third-order valence-corrected chi connectivity index (χ3v) is 1.15. The third kappa shape index (κ3) is 2.33. The largest absolute Gasteiger partial charge is 0.370 e. The van der Waals surface area contributed by atoms with Gasteiger partial charge in [0.15, 0.2) is 6.23 Å². The van der Waals surface area contributed by atoms with Crippen molar-refractivity contribution in [2.45, 2.75) is 6.23 Å². The molecule has 0 rings (SSSR count). The molecular weight excluding hydrogens is 132 g/mol. The lowest BCUT2D eigenvalue weighted by Gasteiger charge is -2.20. The van der Waals surface area contributed by atoms with Crippen LogP contribution in [-0.4, -0.2) is 55.2 Å². The summed E-state index contributed by atoms with van der Waals surface area (Å²) in [6.07, 6.45) is -1.02. The van der Waals surface area contributed by atoms with Crippen LogP contribution < -0.4 is 0 Å². The number of aliphatic hydroxyl groups excluding tert-OH is 1. The van der Waals surface area contributed by atoms with Crippen molar-refractivity contribution in [1.29, 1.82) is 0 Å². The summed E-state index contributed by atoms with van der Waals surface area (Å²) >= 11 is 0. The molecule has 0 bridgehead atoms. The lowest BCUT2D eigenvalue weighted by Crippen LogP contribution is -2.42. The quantitative estimate of drug-likeness (QED) is 0.506. The van der Waals surface area contributed by atoms with Crippen LogP contribution in [0.2, 0.25) is 0 Å². The van der Waals surface area contributed by atoms with E-state index in [4.69, 9.17) is 5.11 Å². The maximum Gasteiger partial charge on any atom is 0.266 e. The van der Waals surface area contributed by atoms with E-state index in [1.807, 2.05) is 0 Å². The zero-order valence-corrected chi connectivity index (χ0v) is 6.83. The minimum atomic E-state index is -1.02. The Labute approximate surface area is 61.0 Å². The monoisotopic (exact) mass is 146 g/mol. The van der Waals surface area contributed by atoms with Gasteiger partial charge in [0, 0.05) is 14.1 Å². The van der Waals surface area contributed by atoms with Crippen LogP contribution in [0, 0.1) is 0 Å². The lowest BCUT2D eigenvalue weighted by atomic mass is 10.4. The van der Waals surface area contributed by atoms with Crippen molar-refractivity contribution in [3.8, 4) is 0 Å². The van der Waals surface area contributed by atoms with Crippen LogP contribution in [0.25, 0.3) is 0 Å². The second-order valence-corrected chi connectivity index (χ2v) is 2.57. The second-order valence-electron chi connectivity index (χ2n) is 2.57. The molecule has 1 amide bonds. The minimum Gasteiger partial charge on any atom is -0.370 e. The maximum atomic E-state index is 10.9. The standard InChI is InChI=1S/C6H14N2O2/c1-7(2)5(9)6(10)8(3)4/h5,9H,1-4H3. The number of nitrogens with zero attached hydrogens (tertiary/aromatic N) is 2. The van der Waals surface area contributed by atoms with E-state index in [0.717, 1.165) is 0 Å². The van der Waals surface area contributed by atoms with Crippen molar-refractivity contribution < 1.29 is 9.90 Å². The molecule has 0 fully saturated rings. The van der Waals surface area contributed by atoms with E-state index in [2.05, 4.69) is 0 Å². The molecule has 1 unspecified atom stereocenters. The molecule has 0 spiro atoms. The molecule has 0 aliphatic carbocycles. The number of hydrogen-bond acceptors (Lipinski definition) is 3. The molecule has 0 heterocycles. The summed E-state index contributed by atoms with van der Waals surface area (Å²) < 4.78 is 0. The Bertz CT molecular complexity index is 123. The van der Waals surface area contributed by atoms with Crippen molar-refractivity contribution in [3.05, 3.63) is 0 Å². The van der Waals surface area contributed by atoms with Gasteiger partial charge < -0.3 is 10.0 Å². The number of aliphatic hydroxyl groups is 1. The molecule has 0 radical (unpaired) electrons. The number of likely N-dealkylation sites (N-methyl/N-ethyl adjacent to an activating group) is 2. The summed E-state index contributed by atoms with van der Waals surface area (Å²) in [5.41, 5.74) is 0. The molecule has 10 heavy (non-hydrogen) atoms. The minimum absolute atomic E-state index is 0.301. The molecule has 60 valence electrons. The fourth-order valence-electron chi connectivity index (χ4n) is 0.452. The van der Waals surface area contributed by atoms with Gasteiger partial charge in [-0.05, 0) is 14.1 Å². The predicted octanol–water partition coefficient (Wildman–Crippen LogP) is -1.05. The SMILES string of the molecule is CN(C)C(=O)C(O)N(C)C. The van der Waals surface area contributed by atoms with Gasteiger partial charge in [-0.15, -0.1) is 0 Å². The molecule has 1 N–H and O–H groups in total. The first-order valence-corrected chi connectivity index (χ1v) is 3.02. The van der Waals surface area contributed by atoms with Gasteiger partial charge in [0.25, 0.3) is 5.91 Å². The van der Waals surface area contributed by atoms with Crippen molar-refractivity contribution in [2.75, 3.05) is 28.2 Å². The van der Waals surface area contributed by atoms with Gasteiger partial charge in [0.05, 0.1) is 0 Å². The van der Waals surface area contributed by atoms with E-state index in [1.54, 1.807) is 28.2 Å². The Morgan fingerprint density at radius 2 is 1.70 bits per heavy atom. The first-order valence-electron chi connectivity index (χ1n) is 3.02. The highest BCUT2D eigenvalue weighted by Gasteiger charge is 2.17. The van der Waals surface area contributed by atoms with Crippen LogP contribution in [-0.2, 0) is 4.79 Å². The smallest absolute Gasteiger partial charge is 0.266 e. The first kappa shape index (κ1) is 9.39. The Morgan fingerprint density at radius 1 is 1.30 bits per heavy atom. The lowest BCUT2D eigenvalue weighted by molar-refractivity contribution is -0.145. The number of carbonyl (C=O) groups is 1. The normalized spacial score (nSPS) is 13.4. The Hall–Kier alpha value is -0.610. The summed E-state index contributed by atoms with van der Waals surface area (Å²) in [4.78, 5) is 13.7. The van der Waals surface area contributed by atoms with E-state index in [-0.39, 0.29) is 5.91 Å². The average molecular weight is 146 g/mol. The number of hydrogen-bond donors (Lipinski definition) is 1. The van der Waals surface area contributed by atoms with Gasteiger partial charge in [0.1, 0.15) is 0 Å². The van der Waals surface area contributed by atoms with Gasteiger partial charge in [-0.3, -0.25) is 9.69 Å². The van der Waals surface area contributed by atoms with Gasteiger partial charge in [-0.2, -0.15) is 0 Å². The number of carbonyl (C=O) groups excluding carboxylic acids is 1. The van der Waals surface area contributed by atoms with E-state index in [1.165, 1.54) is 9.80 Å². The van der Waals surface area contributed by atoms with Crippen molar-refractivity contribution >= 4 is 5.91 Å². The van der Waals surface area contributed by atoms with Crippen molar-refractivity contribution in [1.82, 2.24) is 9.80 Å². The molecule has 0 aliphatic heterocycles. The van der Waals surface area contributed by atoms with Crippen LogP contribution in [0.1, 0.15) is 0 Å². The number of rotatable bonds is 2. The topological polar surface area (TPSA) is 43.8 Å². The highest BCUT2D eigenvalue weighted by Crippen LogP contribution is 1.91. The number of amides is 1. The molecule has 4 nitrogen and oxygen atoms in total. The summed E-state index contributed by atoms with van der Waals surface area (Å²) in [5.74, 6) is -0.301. The Morgan fingerprint density at radius 3 is 1.80 bits per heavy atom. The molecule has 1 atom stereocenters. The molecule has 0 aromatic rings. The fraction of sp³-hybridized carbons (Fsp3) is 0.833. The zero-order chi connectivity index (χ0) is 8.31. The van der Waals surface area contributed by atoms with Crippen molar-refractivity contribution in [2.24, 2.45) is 0 Å². The zero-order valence-electron chi connectivity index (χ0n) is 6.83. The molecule has 0 saturated carbocycles. The summed E-state index contributed by atoms with van der Waals surface area (Å²) in [5, 5.41) is 9.10. The van der Waals surface area contributed by atoms with Crippen LogP contribution in [0.5, 0.6) is 0 Å². The fourth-order valence-corrected chi connectivity index (χ4v) is 0.452. The molecule has 0 saturated heterocycles. The molecular formula is C6H14N2O2. The van der Waals surface area contributed by atoms with E-state index >= 15 is 0 Å². The average Bonchev–Trinajstić information content (AvgIpc) is 1.84. The molecule has 0 aromatic carbocycles. The predicted molar refractivity (Wildman–Crippen MR) is 38.4 cm³/mol. The van der Waals surface area contributed by atoms with Gasteiger partial charge in [0.2, 0.25) is 0 Å². The van der Waals surface area contributed by atoms with Gasteiger partial charge in [-0.25, -0.2) is 0 Å². The first-order chi connectivity index (χ1) is 4.46. The highest BCUT2D eigenvalue weighted by atomic mass is 16.3. The Balaban J connectivity index is 3.95. The third-order valence-electron chi connectivity index (χ3n) is 1.15. The summed E-state index contributed by atoms with van der Waals surface area (Å²) in [6, 6.07) is 0.